The summed E-state index contributed by atoms with van der Waals surface area (Å²) in [6.07, 6.45) is 1.44. The Hall–Kier alpha value is -2.24. The number of nitrogens with two attached hydrogens (primary N) is 1. The van der Waals surface area contributed by atoms with Crippen molar-refractivity contribution < 1.29 is 4.79 Å². The van der Waals surface area contributed by atoms with Gasteiger partial charge in [0, 0.05) is 21.9 Å². The van der Waals surface area contributed by atoms with Gasteiger partial charge in [0.2, 0.25) is 0 Å². The van der Waals surface area contributed by atoms with Crippen LogP contribution in [0.5, 0.6) is 0 Å². The molecular weight excluding hydrogens is 304 g/mol. The highest BCUT2D eigenvalue weighted by atomic mass is 35.5. The van der Waals surface area contributed by atoms with Crippen molar-refractivity contribution in [3.63, 3.8) is 0 Å². The minimum absolute atomic E-state index is 0.339. The Morgan fingerprint density at radius 1 is 1.55 bits per heavy atom. The first kappa shape index (κ1) is 16.1. The quantitative estimate of drug-likeness (QED) is 0.381. The number of amides is 2. The lowest BCUT2D eigenvalue weighted by molar-refractivity contribution is 0.202. The molecule has 0 radical (unpaired) electrons. The number of carbonyl (C=O) groups excluding carboxylic acids is 1. The molecule has 0 spiro atoms. The zero-order valence-electron chi connectivity index (χ0n) is 12.2. The second-order valence-corrected chi connectivity index (χ2v) is 5.91. The fourth-order valence-corrected chi connectivity index (χ4v) is 2.73. The third-order valence-corrected chi connectivity index (χ3v) is 3.97. The van der Waals surface area contributed by atoms with E-state index in [-0.39, 0.29) is 5.41 Å². The Balaban J connectivity index is 2.26. The summed E-state index contributed by atoms with van der Waals surface area (Å²) in [5.41, 5.74) is 15.1. The molecule has 2 N–H and O–H groups in total. The van der Waals surface area contributed by atoms with Gasteiger partial charge in [-0.25, -0.2) is 9.80 Å². The van der Waals surface area contributed by atoms with Gasteiger partial charge >= 0.3 is 6.03 Å². The number of primary amides is 1. The van der Waals surface area contributed by atoms with Crippen LogP contribution in [-0.4, -0.2) is 29.8 Å². The molecule has 1 aromatic carbocycles. The predicted molar refractivity (Wildman–Crippen MR) is 85.6 cm³/mol. The standard InChI is InChI=1S/C14H17ClN6O/c1-14(7-2-8-18-20-17)9-21(13(16)22)19-12(14)10-3-5-11(15)6-4-10/h3-6H,2,7-9H2,1H3,(H2,16,22). The van der Waals surface area contributed by atoms with Gasteiger partial charge in [-0.2, -0.15) is 5.10 Å². The summed E-state index contributed by atoms with van der Waals surface area (Å²) in [5.74, 6) is 0. The first-order valence-electron chi connectivity index (χ1n) is 6.89. The molecule has 0 aromatic heterocycles. The van der Waals surface area contributed by atoms with Crippen LogP contribution in [0.4, 0.5) is 4.79 Å². The molecule has 22 heavy (non-hydrogen) atoms. The lowest BCUT2D eigenvalue weighted by Crippen LogP contribution is -2.36. The molecule has 1 aliphatic rings. The molecule has 116 valence electrons. The van der Waals surface area contributed by atoms with Crippen molar-refractivity contribution in [2.24, 2.45) is 21.4 Å². The van der Waals surface area contributed by atoms with Crippen LogP contribution in [0.1, 0.15) is 25.3 Å². The molecule has 8 heteroatoms. The van der Waals surface area contributed by atoms with Gasteiger partial charge in [-0.1, -0.05) is 35.8 Å². The van der Waals surface area contributed by atoms with Crippen LogP contribution in [0.15, 0.2) is 34.5 Å². The molecule has 1 aromatic rings. The van der Waals surface area contributed by atoms with Crippen molar-refractivity contribution in [3.8, 4) is 0 Å². The van der Waals surface area contributed by atoms with Crippen molar-refractivity contribution in [2.75, 3.05) is 13.1 Å². The summed E-state index contributed by atoms with van der Waals surface area (Å²) < 4.78 is 0. The maximum absolute atomic E-state index is 11.5. The number of carbonyl (C=O) groups is 1. The minimum atomic E-state index is -0.578. The second kappa shape index (κ2) is 6.68. The van der Waals surface area contributed by atoms with E-state index in [1.54, 1.807) is 12.1 Å². The molecule has 7 nitrogen and oxygen atoms in total. The van der Waals surface area contributed by atoms with E-state index in [4.69, 9.17) is 22.9 Å². The van der Waals surface area contributed by atoms with Crippen molar-refractivity contribution >= 4 is 23.3 Å². The van der Waals surface area contributed by atoms with E-state index in [0.717, 1.165) is 17.7 Å². The van der Waals surface area contributed by atoms with E-state index in [0.29, 0.717) is 24.5 Å². The average Bonchev–Trinajstić information content (AvgIpc) is 2.83. The summed E-state index contributed by atoms with van der Waals surface area (Å²) in [5, 5.41) is 9.83. The number of azide groups is 1. The Kier molecular flexibility index (Phi) is 4.90. The molecule has 0 fully saturated rings. The van der Waals surface area contributed by atoms with Crippen molar-refractivity contribution in [2.45, 2.75) is 19.8 Å². The molecule has 1 atom stereocenters. The summed E-state index contributed by atoms with van der Waals surface area (Å²) in [4.78, 5) is 14.2. The Bertz CT molecular complexity index is 637. The molecular formula is C14H17ClN6O. The predicted octanol–water partition coefficient (Wildman–Crippen LogP) is 3.54. The minimum Gasteiger partial charge on any atom is -0.350 e. The molecule has 0 saturated carbocycles. The zero-order chi connectivity index (χ0) is 16.2. The molecule has 1 heterocycles. The largest absolute Gasteiger partial charge is 0.350 e. The lowest BCUT2D eigenvalue weighted by Gasteiger charge is -2.25. The maximum atomic E-state index is 11.5. The van der Waals surface area contributed by atoms with E-state index in [1.807, 2.05) is 19.1 Å². The maximum Gasteiger partial charge on any atom is 0.335 e. The Morgan fingerprint density at radius 2 is 2.23 bits per heavy atom. The van der Waals surface area contributed by atoms with Gasteiger partial charge < -0.3 is 5.73 Å². The average molecular weight is 321 g/mol. The van der Waals surface area contributed by atoms with Crippen LogP contribution in [-0.2, 0) is 0 Å². The van der Waals surface area contributed by atoms with Gasteiger partial charge in [0.25, 0.3) is 0 Å². The Labute approximate surface area is 133 Å². The molecule has 0 bridgehead atoms. The van der Waals surface area contributed by atoms with Gasteiger partial charge in [0.1, 0.15) is 0 Å². The fraction of sp³-hybridized carbons (Fsp3) is 0.429. The van der Waals surface area contributed by atoms with Gasteiger partial charge in [-0.15, -0.1) is 0 Å². The number of urea groups is 1. The monoisotopic (exact) mass is 320 g/mol. The van der Waals surface area contributed by atoms with Crippen LogP contribution in [0.2, 0.25) is 5.02 Å². The summed E-state index contributed by atoms with van der Waals surface area (Å²) in [6, 6.07) is 6.74. The van der Waals surface area contributed by atoms with Crippen LogP contribution in [0.3, 0.4) is 0 Å². The molecule has 2 rings (SSSR count). The zero-order valence-corrected chi connectivity index (χ0v) is 13.0. The summed E-state index contributed by atoms with van der Waals surface area (Å²) in [6.45, 7) is 2.85. The van der Waals surface area contributed by atoms with Crippen LogP contribution >= 0.6 is 11.6 Å². The number of hydrogen-bond acceptors (Lipinski definition) is 3. The van der Waals surface area contributed by atoms with Gasteiger partial charge in [-0.3, -0.25) is 0 Å². The molecule has 1 aliphatic heterocycles. The third-order valence-electron chi connectivity index (χ3n) is 3.71. The molecule has 1 unspecified atom stereocenters. The number of halogens is 1. The van der Waals surface area contributed by atoms with Gasteiger partial charge in [-0.05, 0) is 36.1 Å². The van der Waals surface area contributed by atoms with Crippen LogP contribution in [0, 0.1) is 5.41 Å². The van der Waals surface area contributed by atoms with E-state index < -0.39 is 6.03 Å². The topological polar surface area (TPSA) is 107 Å². The summed E-state index contributed by atoms with van der Waals surface area (Å²) in [7, 11) is 0. The van der Waals surface area contributed by atoms with Crippen molar-refractivity contribution in [1.29, 1.82) is 0 Å². The number of benzene rings is 1. The second-order valence-electron chi connectivity index (χ2n) is 5.47. The van der Waals surface area contributed by atoms with Crippen molar-refractivity contribution in [1.82, 2.24) is 5.01 Å². The molecule has 0 saturated heterocycles. The number of hydrogen-bond donors (Lipinski definition) is 1. The SMILES string of the molecule is CC1(CCCN=[N+]=[N-])CN(C(N)=O)N=C1c1ccc(Cl)cc1. The normalized spacial score (nSPS) is 20.5. The third kappa shape index (κ3) is 3.50. The van der Waals surface area contributed by atoms with E-state index in [1.165, 1.54) is 5.01 Å². The number of nitrogens with zero attached hydrogens (tertiary/aromatic N) is 5. The Morgan fingerprint density at radius 3 is 2.82 bits per heavy atom. The number of rotatable bonds is 5. The van der Waals surface area contributed by atoms with E-state index >= 15 is 0 Å². The van der Waals surface area contributed by atoms with Gasteiger partial charge in [0.05, 0.1) is 12.3 Å². The number of hydrazone groups is 1. The highest BCUT2D eigenvalue weighted by molar-refractivity contribution is 6.30. The van der Waals surface area contributed by atoms with Gasteiger partial charge in [0.15, 0.2) is 0 Å². The lowest BCUT2D eigenvalue weighted by atomic mass is 9.78. The van der Waals surface area contributed by atoms with Crippen LogP contribution in [0.25, 0.3) is 10.4 Å². The fourth-order valence-electron chi connectivity index (χ4n) is 2.61. The highest BCUT2D eigenvalue weighted by Crippen LogP contribution is 2.35. The molecule has 0 aliphatic carbocycles. The van der Waals surface area contributed by atoms with Crippen molar-refractivity contribution in [3.05, 3.63) is 45.3 Å². The van der Waals surface area contributed by atoms with E-state index in [2.05, 4.69) is 15.1 Å². The smallest absolute Gasteiger partial charge is 0.335 e. The summed E-state index contributed by atoms with van der Waals surface area (Å²) >= 11 is 5.92. The first-order valence-corrected chi connectivity index (χ1v) is 7.27. The van der Waals surface area contributed by atoms with E-state index in [9.17, 15) is 4.79 Å². The van der Waals surface area contributed by atoms with Crippen LogP contribution < -0.4 is 5.73 Å². The molecule has 2 amide bonds. The first-order chi connectivity index (χ1) is 10.5. The highest BCUT2D eigenvalue weighted by Gasteiger charge is 2.40.